The van der Waals surface area contributed by atoms with Gasteiger partial charge in [0.25, 0.3) is 5.69 Å². The number of hydrogen-bond acceptors (Lipinski definition) is 4. The molecule has 2 aromatic carbocycles. The molecule has 0 aliphatic heterocycles. The van der Waals surface area contributed by atoms with Crippen LogP contribution in [0.15, 0.2) is 36.4 Å². The van der Waals surface area contributed by atoms with Crippen LogP contribution in [0, 0.1) is 22.9 Å². The number of halogens is 1. The van der Waals surface area contributed by atoms with Gasteiger partial charge < -0.3 is 10.1 Å². The van der Waals surface area contributed by atoms with Gasteiger partial charge >= 0.3 is 0 Å². The Balaban J connectivity index is 2.19. The average Bonchev–Trinajstić information content (AvgIpc) is 2.46. The van der Waals surface area contributed by atoms with Gasteiger partial charge in [-0.3, -0.25) is 10.1 Å². The van der Waals surface area contributed by atoms with Crippen molar-refractivity contribution in [1.82, 2.24) is 0 Å². The molecule has 21 heavy (non-hydrogen) atoms. The Morgan fingerprint density at radius 2 is 2.05 bits per heavy atom. The van der Waals surface area contributed by atoms with E-state index in [1.165, 1.54) is 25.3 Å². The van der Waals surface area contributed by atoms with E-state index in [1.807, 2.05) is 0 Å². The summed E-state index contributed by atoms with van der Waals surface area (Å²) >= 11 is 0. The molecular weight excluding hydrogens is 275 g/mol. The number of benzene rings is 2. The van der Waals surface area contributed by atoms with Crippen LogP contribution in [-0.4, -0.2) is 12.0 Å². The number of nitrogens with zero attached hydrogens (tertiary/aromatic N) is 1. The van der Waals surface area contributed by atoms with Crippen molar-refractivity contribution >= 4 is 11.4 Å². The third kappa shape index (κ3) is 3.68. The van der Waals surface area contributed by atoms with Crippen LogP contribution in [0.3, 0.4) is 0 Å². The first-order valence-electron chi connectivity index (χ1n) is 6.32. The van der Waals surface area contributed by atoms with E-state index in [0.29, 0.717) is 17.0 Å². The number of nitro benzene ring substituents is 1. The third-order valence-corrected chi connectivity index (χ3v) is 3.01. The van der Waals surface area contributed by atoms with Crippen molar-refractivity contribution < 1.29 is 14.1 Å². The summed E-state index contributed by atoms with van der Waals surface area (Å²) in [6, 6.07) is 9.30. The highest BCUT2D eigenvalue weighted by Gasteiger charge is 2.10. The molecule has 2 rings (SSSR count). The Bertz CT molecular complexity index is 674. The summed E-state index contributed by atoms with van der Waals surface area (Å²) in [5.74, 6) is 0.0396. The molecule has 0 spiro atoms. The van der Waals surface area contributed by atoms with Gasteiger partial charge in [0.2, 0.25) is 0 Å². The van der Waals surface area contributed by atoms with Gasteiger partial charge in [0.1, 0.15) is 11.6 Å². The fourth-order valence-corrected chi connectivity index (χ4v) is 1.93. The van der Waals surface area contributed by atoms with Crippen molar-refractivity contribution in [2.45, 2.75) is 13.5 Å². The largest absolute Gasteiger partial charge is 0.496 e. The van der Waals surface area contributed by atoms with Crippen LogP contribution in [0.1, 0.15) is 11.1 Å². The molecule has 0 fully saturated rings. The predicted octanol–water partition coefficient (Wildman–Crippen LogP) is 3.66. The zero-order valence-corrected chi connectivity index (χ0v) is 11.7. The smallest absolute Gasteiger partial charge is 0.273 e. The lowest BCUT2D eigenvalue weighted by Gasteiger charge is -2.09. The second kappa shape index (κ2) is 6.21. The van der Waals surface area contributed by atoms with E-state index < -0.39 is 4.92 Å². The number of nitro groups is 1. The van der Waals surface area contributed by atoms with Crippen LogP contribution in [0.4, 0.5) is 15.8 Å². The first-order valence-corrected chi connectivity index (χ1v) is 6.32. The molecule has 0 bridgehead atoms. The highest BCUT2D eigenvalue weighted by molar-refractivity contribution is 5.48. The summed E-state index contributed by atoms with van der Waals surface area (Å²) in [5.41, 5.74) is 1.76. The van der Waals surface area contributed by atoms with Crippen LogP contribution in [0.5, 0.6) is 5.75 Å². The minimum absolute atomic E-state index is 0.0597. The number of nitrogens with one attached hydrogen (secondary N) is 1. The number of non-ortho nitro benzene ring substituents is 1. The SMILES string of the molecule is COc1cc(CNc2ccc(C)cc2F)cc([N+](=O)[O-])c1. The Kier molecular flexibility index (Phi) is 4.37. The van der Waals surface area contributed by atoms with Gasteiger partial charge in [0.05, 0.1) is 23.8 Å². The lowest BCUT2D eigenvalue weighted by molar-refractivity contribution is -0.385. The highest BCUT2D eigenvalue weighted by Crippen LogP contribution is 2.24. The Labute approximate surface area is 121 Å². The second-order valence-corrected chi connectivity index (χ2v) is 4.63. The van der Waals surface area contributed by atoms with Crippen molar-refractivity contribution in [3.05, 3.63) is 63.5 Å². The highest BCUT2D eigenvalue weighted by atomic mass is 19.1. The minimum atomic E-state index is -0.488. The zero-order chi connectivity index (χ0) is 15.4. The normalized spacial score (nSPS) is 10.2. The van der Waals surface area contributed by atoms with Crippen molar-refractivity contribution in [2.75, 3.05) is 12.4 Å². The van der Waals surface area contributed by atoms with E-state index in [0.717, 1.165) is 5.56 Å². The number of ether oxygens (including phenoxy) is 1. The van der Waals surface area contributed by atoms with Gasteiger partial charge in [-0.05, 0) is 36.2 Å². The molecule has 0 atom stereocenters. The summed E-state index contributed by atoms with van der Waals surface area (Å²) in [7, 11) is 1.44. The molecule has 1 N–H and O–H groups in total. The molecule has 5 nitrogen and oxygen atoms in total. The molecule has 2 aromatic rings. The van der Waals surface area contributed by atoms with Crippen molar-refractivity contribution in [2.24, 2.45) is 0 Å². The van der Waals surface area contributed by atoms with Crippen LogP contribution in [0.25, 0.3) is 0 Å². The van der Waals surface area contributed by atoms with E-state index >= 15 is 0 Å². The molecule has 6 heteroatoms. The van der Waals surface area contributed by atoms with Gasteiger partial charge in [-0.25, -0.2) is 4.39 Å². The molecule has 0 saturated heterocycles. The Hall–Kier alpha value is -2.63. The second-order valence-electron chi connectivity index (χ2n) is 4.63. The van der Waals surface area contributed by atoms with Crippen LogP contribution in [-0.2, 0) is 6.54 Å². The summed E-state index contributed by atoms with van der Waals surface area (Å²) in [6.07, 6.45) is 0. The van der Waals surface area contributed by atoms with Crippen molar-refractivity contribution in [3.8, 4) is 5.75 Å². The molecule has 0 unspecified atom stereocenters. The summed E-state index contributed by atoms with van der Waals surface area (Å²) in [4.78, 5) is 10.4. The molecule has 0 heterocycles. The van der Waals surface area contributed by atoms with E-state index in [-0.39, 0.29) is 18.0 Å². The number of anilines is 1. The van der Waals surface area contributed by atoms with Gasteiger partial charge in [0, 0.05) is 12.6 Å². The maximum absolute atomic E-state index is 13.7. The van der Waals surface area contributed by atoms with Crippen molar-refractivity contribution in [1.29, 1.82) is 0 Å². The van der Waals surface area contributed by atoms with Crippen LogP contribution in [0.2, 0.25) is 0 Å². The number of methoxy groups -OCH3 is 1. The zero-order valence-electron chi connectivity index (χ0n) is 11.7. The monoisotopic (exact) mass is 290 g/mol. The van der Waals surface area contributed by atoms with Gasteiger partial charge in [-0.1, -0.05) is 6.07 Å². The molecule has 0 saturated carbocycles. The Morgan fingerprint density at radius 1 is 1.29 bits per heavy atom. The van der Waals surface area contributed by atoms with E-state index in [1.54, 1.807) is 25.1 Å². The number of aryl methyl sites for hydroxylation is 1. The van der Waals surface area contributed by atoms with Crippen LogP contribution < -0.4 is 10.1 Å². The number of rotatable bonds is 5. The van der Waals surface area contributed by atoms with Crippen molar-refractivity contribution in [3.63, 3.8) is 0 Å². The first kappa shape index (κ1) is 14.8. The fraction of sp³-hybridized carbons (Fsp3) is 0.200. The number of hydrogen-bond donors (Lipinski definition) is 1. The minimum Gasteiger partial charge on any atom is -0.496 e. The van der Waals surface area contributed by atoms with E-state index in [4.69, 9.17) is 4.74 Å². The molecule has 0 aliphatic carbocycles. The first-order chi connectivity index (χ1) is 9.99. The lowest BCUT2D eigenvalue weighted by Crippen LogP contribution is -2.03. The molecule has 0 aliphatic rings. The van der Waals surface area contributed by atoms with Crippen LogP contribution >= 0.6 is 0 Å². The maximum atomic E-state index is 13.7. The average molecular weight is 290 g/mol. The fourth-order valence-electron chi connectivity index (χ4n) is 1.93. The predicted molar refractivity (Wildman–Crippen MR) is 78.1 cm³/mol. The van der Waals surface area contributed by atoms with Gasteiger partial charge in [-0.2, -0.15) is 0 Å². The molecule has 110 valence electrons. The molecule has 0 amide bonds. The van der Waals surface area contributed by atoms with Gasteiger partial charge in [-0.15, -0.1) is 0 Å². The Morgan fingerprint density at radius 3 is 2.67 bits per heavy atom. The van der Waals surface area contributed by atoms with E-state index in [9.17, 15) is 14.5 Å². The van der Waals surface area contributed by atoms with E-state index in [2.05, 4.69) is 5.32 Å². The van der Waals surface area contributed by atoms with Gasteiger partial charge in [0.15, 0.2) is 0 Å². The summed E-state index contributed by atoms with van der Waals surface area (Å²) in [5, 5.41) is 13.8. The molecule has 0 radical (unpaired) electrons. The topological polar surface area (TPSA) is 64.4 Å². The summed E-state index contributed by atoms with van der Waals surface area (Å²) in [6.45, 7) is 2.07. The quantitative estimate of drug-likeness (QED) is 0.674. The lowest BCUT2D eigenvalue weighted by atomic mass is 10.1. The third-order valence-electron chi connectivity index (χ3n) is 3.01. The maximum Gasteiger partial charge on any atom is 0.273 e. The molecular formula is C15H15FN2O3. The summed E-state index contributed by atoms with van der Waals surface area (Å²) < 4.78 is 18.7. The standard InChI is InChI=1S/C15H15FN2O3/c1-10-3-4-15(14(16)5-10)17-9-11-6-12(18(19)20)8-13(7-11)21-2/h3-8,17H,9H2,1-2H3. The molecule has 0 aromatic heterocycles.